The van der Waals surface area contributed by atoms with Gasteiger partial charge in [-0.05, 0) is 54.3 Å². The molecule has 0 spiro atoms. The van der Waals surface area contributed by atoms with Crippen LogP contribution in [0.5, 0.6) is 5.75 Å². The summed E-state index contributed by atoms with van der Waals surface area (Å²) in [5.41, 5.74) is 2.98. The molecule has 28 heavy (non-hydrogen) atoms. The summed E-state index contributed by atoms with van der Waals surface area (Å²) < 4.78 is 16.0. The number of hydrogen-bond acceptors (Lipinski definition) is 5. The maximum absolute atomic E-state index is 12.5. The lowest BCUT2D eigenvalue weighted by Crippen LogP contribution is -2.09. The van der Waals surface area contributed by atoms with Crippen molar-refractivity contribution >= 4 is 28.5 Å². The van der Waals surface area contributed by atoms with E-state index in [4.69, 9.17) is 25.5 Å². The molecule has 6 heteroatoms. The monoisotopic (exact) mass is 400 g/mol. The molecule has 5 nitrogen and oxygen atoms in total. The van der Waals surface area contributed by atoms with Crippen LogP contribution in [0.4, 0.5) is 0 Å². The molecule has 0 atom stereocenters. The first kappa shape index (κ1) is 20.0. The lowest BCUT2D eigenvalue weighted by molar-refractivity contribution is 0.0470. The largest absolute Gasteiger partial charge is 0.496 e. The number of fused-ring (bicyclic) bond motifs is 1. The highest BCUT2D eigenvalue weighted by Gasteiger charge is 2.17. The number of esters is 1. The number of halogens is 1. The second-order valence-electron chi connectivity index (χ2n) is 6.87. The van der Waals surface area contributed by atoms with E-state index in [0.717, 1.165) is 16.5 Å². The summed E-state index contributed by atoms with van der Waals surface area (Å²) in [4.78, 5) is 24.5. The normalized spacial score (nSPS) is 11.1. The molecule has 0 aliphatic carbocycles. The quantitative estimate of drug-likeness (QED) is 0.432. The Balaban J connectivity index is 1.96. The van der Waals surface area contributed by atoms with E-state index in [2.05, 4.69) is 13.8 Å². The number of ether oxygens (including phenoxy) is 2. The minimum atomic E-state index is -0.586. The van der Waals surface area contributed by atoms with Crippen LogP contribution in [-0.2, 0) is 11.3 Å². The fourth-order valence-corrected chi connectivity index (χ4v) is 3.37. The van der Waals surface area contributed by atoms with Gasteiger partial charge in [-0.25, -0.2) is 9.59 Å². The van der Waals surface area contributed by atoms with Crippen molar-refractivity contribution in [2.24, 2.45) is 0 Å². The minimum Gasteiger partial charge on any atom is -0.496 e. The van der Waals surface area contributed by atoms with Crippen LogP contribution < -0.4 is 10.4 Å². The Hall–Kier alpha value is -2.79. The molecule has 0 saturated heterocycles. The fourth-order valence-electron chi connectivity index (χ4n) is 3.19. The molecule has 0 unspecified atom stereocenters. The van der Waals surface area contributed by atoms with Gasteiger partial charge in [0.2, 0.25) is 0 Å². The highest BCUT2D eigenvalue weighted by Crippen LogP contribution is 2.28. The zero-order valence-electron chi connectivity index (χ0n) is 16.2. The van der Waals surface area contributed by atoms with E-state index < -0.39 is 11.6 Å². The molecule has 0 radical (unpaired) electrons. The summed E-state index contributed by atoms with van der Waals surface area (Å²) in [7, 11) is 1.46. The number of carbonyl (C=O) groups excluding carboxylic acids is 1. The van der Waals surface area contributed by atoms with Gasteiger partial charge < -0.3 is 13.9 Å². The van der Waals surface area contributed by atoms with Gasteiger partial charge in [0, 0.05) is 22.0 Å². The van der Waals surface area contributed by atoms with Gasteiger partial charge in [-0.15, -0.1) is 0 Å². The lowest BCUT2D eigenvalue weighted by Gasteiger charge is -2.13. The Morgan fingerprint density at radius 1 is 1.18 bits per heavy atom. The summed E-state index contributed by atoms with van der Waals surface area (Å²) in [6, 6.07) is 9.90. The SMILES string of the molecule is COc1ccc(Cl)cc1C(=O)OCc1cc(=O)oc2cc(C)c(C(C)C)cc12. The minimum absolute atomic E-state index is 0.0722. The topological polar surface area (TPSA) is 65.7 Å². The number of methoxy groups -OCH3 is 1. The Bertz CT molecular complexity index is 1100. The molecule has 2 aromatic carbocycles. The van der Waals surface area contributed by atoms with Crippen molar-refractivity contribution in [2.75, 3.05) is 7.11 Å². The zero-order chi connectivity index (χ0) is 20.4. The maximum Gasteiger partial charge on any atom is 0.342 e. The predicted octanol–water partition coefficient (Wildman–Crippen LogP) is 5.24. The molecule has 146 valence electrons. The van der Waals surface area contributed by atoms with Gasteiger partial charge >= 0.3 is 11.6 Å². The highest BCUT2D eigenvalue weighted by atomic mass is 35.5. The lowest BCUT2D eigenvalue weighted by atomic mass is 9.95. The van der Waals surface area contributed by atoms with Crippen molar-refractivity contribution in [1.82, 2.24) is 0 Å². The van der Waals surface area contributed by atoms with Crippen molar-refractivity contribution in [2.45, 2.75) is 33.3 Å². The van der Waals surface area contributed by atoms with E-state index in [1.165, 1.54) is 19.2 Å². The van der Waals surface area contributed by atoms with Crippen LogP contribution in [0.2, 0.25) is 5.02 Å². The second kappa shape index (κ2) is 8.07. The molecule has 1 aromatic heterocycles. The summed E-state index contributed by atoms with van der Waals surface area (Å²) in [5, 5.41) is 1.15. The highest BCUT2D eigenvalue weighted by molar-refractivity contribution is 6.31. The predicted molar refractivity (Wildman–Crippen MR) is 108 cm³/mol. The third-order valence-corrected chi connectivity index (χ3v) is 4.81. The summed E-state index contributed by atoms with van der Waals surface area (Å²) in [5.74, 6) is 0.0870. The first-order valence-electron chi connectivity index (χ1n) is 8.88. The van der Waals surface area contributed by atoms with Gasteiger partial charge in [-0.1, -0.05) is 25.4 Å². The van der Waals surface area contributed by atoms with Gasteiger partial charge in [-0.3, -0.25) is 0 Å². The molecule has 0 bridgehead atoms. The first-order chi connectivity index (χ1) is 13.3. The molecule has 0 fully saturated rings. The van der Waals surface area contributed by atoms with Crippen molar-refractivity contribution < 1.29 is 18.7 Å². The van der Waals surface area contributed by atoms with Crippen LogP contribution >= 0.6 is 11.6 Å². The van der Waals surface area contributed by atoms with Gasteiger partial charge in [0.1, 0.15) is 23.5 Å². The number of aryl methyl sites for hydroxylation is 1. The number of hydrogen-bond donors (Lipinski definition) is 0. The van der Waals surface area contributed by atoms with Crippen molar-refractivity contribution in [3.63, 3.8) is 0 Å². The zero-order valence-corrected chi connectivity index (χ0v) is 16.9. The van der Waals surface area contributed by atoms with Gasteiger partial charge in [0.15, 0.2) is 0 Å². The molecule has 3 rings (SSSR count). The maximum atomic E-state index is 12.5. The Morgan fingerprint density at radius 2 is 1.93 bits per heavy atom. The van der Waals surface area contributed by atoms with E-state index >= 15 is 0 Å². The van der Waals surface area contributed by atoms with Crippen LogP contribution in [0.1, 0.15) is 46.8 Å². The van der Waals surface area contributed by atoms with Crippen LogP contribution in [0.15, 0.2) is 45.6 Å². The number of benzene rings is 2. The van der Waals surface area contributed by atoms with E-state index in [9.17, 15) is 9.59 Å². The Morgan fingerprint density at radius 3 is 2.61 bits per heavy atom. The van der Waals surface area contributed by atoms with Crippen LogP contribution in [0, 0.1) is 6.92 Å². The summed E-state index contributed by atoms with van der Waals surface area (Å²) in [6.45, 7) is 6.10. The van der Waals surface area contributed by atoms with Crippen LogP contribution in [-0.4, -0.2) is 13.1 Å². The number of rotatable bonds is 5. The third-order valence-electron chi connectivity index (χ3n) is 4.58. The summed E-state index contributed by atoms with van der Waals surface area (Å²) in [6.07, 6.45) is 0. The molecular weight excluding hydrogens is 380 g/mol. The van der Waals surface area contributed by atoms with Crippen LogP contribution in [0.25, 0.3) is 11.0 Å². The standard InChI is InChI=1S/C22H21ClO5/c1-12(2)16-10-17-14(8-21(24)28-20(17)7-13(16)3)11-27-22(25)18-9-15(23)5-6-19(18)26-4/h5-10,12H,11H2,1-4H3. The molecule has 0 aliphatic heterocycles. The van der Waals surface area contributed by atoms with Gasteiger partial charge in [0.05, 0.1) is 7.11 Å². The smallest absolute Gasteiger partial charge is 0.342 e. The van der Waals surface area contributed by atoms with Gasteiger partial charge in [-0.2, -0.15) is 0 Å². The molecule has 0 amide bonds. The average molecular weight is 401 g/mol. The summed E-state index contributed by atoms with van der Waals surface area (Å²) >= 11 is 5.98. The number of carbonyl (C=O) groups is 1. The first-order valence-corrected chi connectivity index (χ1v) is 9.26. The fraction of sp³-hybridized carbons (Fsp3) is 0.273. The molecule has 0 saturated carbocycles. The molecular formula is C22H21ClO5. The van der Waals surface area contributed by atoms with Crippen LogP contribution in [0.3, 0.4) is 0 Å². The van der Waals surface area contributed by atoms with Crippen molar-refractivity contribution in [1.29, 1.82) is 0 Å². The average Bonchev–Trinajstić information content (AvgIpc) is 2.64. The Kier molecular flexibility index (Phi) is 5.75. The van der Waals surface area contributed by atoms with E-state index in [1.54, 1.807) is 12.1 Å². The Labute approximate surface area is 167 Å². The van der Waals surface area contributed by atoms with Gasteiger partial charge in [0.25, 0.3) is 0 Å². The molecule has 3 aromatic rings. The van der Waals surface area contributed by atoms with Crippen molar-refractivity contribution in [3.8, 4) is 5.75 Å². The second-order valence-corrected chi connectivity index (χ2v) is 7.31. The van der Waals surface area contributed by atoms with Crippen molar-refractivity contribution in [3.05, 3.63) is 74.1 Å². The molecule has 1 heterocycles. The van der Waals surface area contributed by atoms with E-state index in [1.807, 2.05) is 19.1 Å². The van der Waals surface area contributed by atoms with E-state index in [-0.39, 0.29) is 12.2 Å². The molecule has 0 aliphatic rings. The third kappa shape index (κ3) is 4.04. The molecule has 0 N–H and O–H groups in total. The van der Waals surface area contributed by atoms with E-state index in [0.29, 0.717) is 27.8 Å².